The van der Waals surface area contributed by atoms with Gasteiger partial charge in [-0.05, 0) is 12.8 Å². The minimum atomic E-state index is 0.541. The number of hydrogen-bond acceptors (Lipinski definition) is 0. The quantitative estimate of drug-likeness (QED) is 0.522. The lowest BCUT2D eigenvalue weighted by atomic mass is 10.2. The first-order valence-corrected chi connectivity index (χ1v) is 6.00. The van der Waals surface area contributed by atoms with Gasteiger partial charge in [-0.1, -0.05) is 64.3 Å². The average Bonchev–Trinajstić information content (AvgIpc) is 2.01. The first-order valence-electron chi connectivity index (χ1n) is 4.17. The first-order chi connectivity index (χ1) is 5.20. The molecule has 0 heterocycles. The Morgan fingerprint density at radius 1 is 1.09 bits per heavy atom. The van der Waals surface area contributed by atoms with Crippen molar-refractivity contribution in [2.24, 2.45) is 0 Å². The van der Waals surface area contributed by atoms with Crippen LogP contribution in [0.5, 0.6) is 0 Å². The summed E-state index contributed by atoms with van der Waals surface area (Å²) in [5, 5.41) is 0. The zero-order valence-electron chi connectivity index (χ0n) is 7.19. The minimum Gasteiger partial charge on any atom is -0.0846 e. The van der Waals surface area contributed by atoms with Gasteiger partial charge in [0.1, 0.15) is 0 Å². The highest BCUT2D eigenvalue weighted by molar-refractivity contribution is 9.10. The van der Waals surface area contributed by atoms with Crippen LogP contribution in [-0.4, -0.2) is 9.65 Å². The van der Waals surface area contributed by atoms with Gasteiger partial charge in [0.25, 0.3) is 0 Å². The summed E-state index contributed by atoms with van der Waals surface area (Å²) >= 11 is 7.14. The van der Waals surface area contributed by atoms with E-state index in [-0.39, 0.29) is 0 Å². The van der Waals surface area contributed by atoms with E-state index in [2.05, 4.69) is 57.9 Å². The lowest BCUT2D eigenvalue weighted by Gasteiger charge is -2.02. The second kappa shape index (κ2) is 7.35. The normalized spacial score (nSPS) is 17.1. The van der Waals surface area contributed by atoms with Crippen molar-refractivity contribution >= 4 is 31.9 Å². The molecule has 0 radical (unpaired) electrons. The Morgan fingerprint density at radius 2 is 1.64 bits per heavy atom. The smallest absolute Gasteiger partial charge is 0.0325 e. The highest BCUT2D eigenvalue weighted by atomic mass is 79.9. The predicted octanol–water partition coefficient (Wildman–Crippen LogP) is 4.28. The monoisotopic (exact) mass is 282 g/mol. The van der Waals surface area contributed by atoms with Crippen LogP contribution >= 0.6 is 31.9 Å². The molecule has 0 aliphatic rings. The molecule has 0 aromatic rings. The molecule has 0 rings (SSSR count). The average molecular weight is 284 g/mol. The van der Waals surface area contributed by atoms with E-state index in [0.717, 1.165) is 6.42 Å². The second-order valence-electron chi connectivity index (χ2n) is 2.61. The van der Waals surface area contributed by atoms with Gasteiger partial charge in [-0.2, -0.15) is 0 Å². The van der Waals surface area contributed by atoms with Crippen molar-refractivity contribution in [3.63, 3.8) is 0 Å². The van der Waals surface area contributed by atoms with E-state index in [1.807, 2.05) is 0 Å². The number of allylic oxidation sites excluding steroid dienone is 2. The van der Waals surface area contributed by atoms with Crippen LogP contribution in [0.25, 0.3) is 0 Å². The summed E-state index contributed by atoms with van der Waals surface area (Å²) in [4.78, 5) is 1.10. The van der Waals surface area contributed by atoms with E-state index >= 15 is 0 Å². The third-order valence-electron chi connectivity index (χ3n) is 1.48. The highest BCUT2D eigenvalue weighted by Crippen LogP contribution is 2.12. The van der Waals surface area contributed by atoms with E-state index in [9.17, 15) is 0 Å². The van der Waals surface area contributed by atoms with Gasteiger partial charge in [-0.3, -0.25) is 0 Å². The maximum Gasteiger partial charge on any atom is 0.0325 e. The van der Waals surface area contributed by atoms with Crippen LogP contribution < -0.4 is 0 Å². The molecule has 2 unspecified atom stereocenters. The Balaban J connectivity index is 3.54. The molecule has 0 saturated heterocycles. The molecule has 0 spiro atoms. The molecule has 0 fully saturated rings. The lowest BCUT2D eigenvalue weighted by molar-refractivity contribution is 0.832. The zero-order chi connectivity index (χ0) is 8.69. The lowest BCUT2D eigenvalue weighted by Crippen LogP contribution is -1.94. The number of halogens is 2. The fraction of sp³-hybridized carbons (Fsp3) is 0.778. The third-order valence-corrected chi connectivity index (χ3v) is 3.20. The molecule has 0 bridgehead atoms. The third kappa shape index (κ3) is 7.07. The zero-order valence-corrected chi connectivity index (χ0v) is 10.4. The summed E-state index contributed by atoms with van der Waals surface area (Å²) in [6.07, 6.45) is 8.06. The fourth-order valence-electron chi connectivity index (χ4n) is 0.749. The largest absolute Gasteiger partial charge is 0.0846 e. The van der Waals surface area contributed by atoms with Crippen molar-refractivity contribution in [1.82, 2.24) is 0 Å². The number of rotatable bonds is 5. The van der Waals surface area contributed by atoms with Crippen molar-refractivity contribution in [3.05, 3.63) is 12.2 Å². The number of alkyl halides is 2. The van der Waals surface area contributed by atoms with Crippen LogP contribution in [-0.2, 0) is 0 Å². The molecule has 0 saturated carbocycles. The summed E-state index contributed by atoms with van der Waals surface area (Å²) < 4.78 is 0. The van der Waals surface area contributed by atoms with Crippen LogP contribution in [0.15, 0.2) is 12.2 Å². The summed E-state index contributed by atoms with van der Waals surface area (Å²) in [5.41, 5.74) is 0. The molecule has 2 atom stereocenters. The van der Waals surface area contributed by atoms with Crippen molar-refractivity contribution in [2.75, 3.05) is 0 Å². The minimum absolute atomic E-state index is 0.541. The van der Waals surface area contributed by atoms with Crippen molar-refractivity contribution in [1.29, 1.82) is 0 Å². The van der Waals surface area contributed by atoms with E-state index in [1.165, 1.54) is 12.8 Å². The molecular weight excluding hydrogens is 268 g/mol. The van der Waals surface area contributed by atoms with Gasteiger partial charge in [0.05, 0.1) is 0 Å². The molecule has 0 aliphatic heterocycles. The molecular formula is C9H16Br2. The van der Waals surface area contributed by atoms with Crippen LogP contribution in [0.2, 0.25) is 0 Å². The second-order valence-corrected chi connectivity index (χ2v) is 4.97. The van der Waals surface area contributed by atoms with Crippen LogP contribution in [0.4, 0.5) is 0 Å². The van der Waals surface area contributed by atoms with E-state index in [4.69, 9.17) is 0 Å². The van der Waals surface area contributed by atoms with Gasteiger partial charge >= 0.3 is 0 Å². The van der Waals surface area contributed by atoms with Gasteiger partial charge in [-0.15, -0.1) is 0 Å². The Kier molecular flexibility index (Phi) is 7.82. The Morgan fingerprint density at radius 3 is 2.09 bits per heavy atom. The molecule has 0 aliphatic carbocycles. The fourth-order valence-corrected chi connectivity index (χ4v) is 1.56. The van der Waals surface area contributed by atoms with E-state index in [1.54, 1.807) is 0 Å². The standard InChI is InChI=1S/C9H16Br2/c1-3-5-9(11)7-6-8(10)4-2/h6-9H,3-5H2,1-2H3. The summed E-state index contributed by atoms with van der Waals surface area (Å²) in [6, 6.07) is 0. The van der Waals surface area contributed by atoms with Gasteiger partial charge in [0.2, 0.25) is 0 Å². The molecule has 0 amide bonds. The number of hydrogen-bond donors (Lipinski definition) is 0. The molecule has 0 aromatic heterocycles. The summed E-state index contributed by atoms with van der Waals surface area (Å²) in [6.45, 7) is 4.38. The van der Waals surface area contributed by atoms with E-state index in [0.29, 0.717) is 9.65 Å². The van der Waals surface area contributed by atoms with Crippen LogP contribution in [0.3, 0.4) is 0 Å². The Labute approximate surface area is 86.7 Å². The maximum absolute atomic E-state index is 3.59. The Bertz CT molecular complexity index is 110. The summed E-state index contributed by atoms with van der Waals surface area (Å²) in [7, 11) is 0. The van der Waals surface area contributed by atoms with Gasteiger partial charge in [0.15, 0.2) is 0 Å². The van der Waals surface area contributed by atoms with E-state index < -0.39 is 0 Å². The first kappa shape index (κ1) is 11.7. The highest BCUT2D eigenvalue weighted by Gasteiger charge is 1.98. The molecule has 11 heavy (non-hydrogen) atoms. The molecule has 2 heteroatoms. The molecule has 0 N–H and O–H groups in total. The topological polar surface area (TPSA) is 0 Å². The predicted molar refractivity (Wildman–Crippen MR) is 59.8 cm³/mol. The van der Waals surface area contributed by atoms with Gasteiger partial charge < -0.3 is 0 Å². The maximum atomic E-state index is 3.59. The van der Waals surface area contributed by atoms with Crippen molar-refractivity contribution in [2.45, 2.75) is 42.8 Å². The Hall–Kier alpha value is 0.700. The van der Waals surface area contributed by atoms with Crippen LogP contribution in [0, 0.1) is 0 Å². The molecule has 66 valence electrons. The van der Waals surface area contributed by atoms with Crippen LogP contribution in [0.1, 0.15) is 33.1 Å². The van der Waals surface area contributed by atoms with Crippen molar-refractivity contribution < 1.29 is 0 Å². The summed E-state index contributed by atoms with van der Waals surface area (Å²) in [5.74, 6) is 0. The molecule has 0 nitrogen and oxygen atoms in total. The van der Waals surface area contributed by atoms with Crippen molar-refractivity contribution in [3.8, 4) is 0 Å². The van der Waals surface area contributed by atoms with Gasteiger partial charge in [0, 0.05) is 9.65 Å². The molecule has 0 aromatic carbocycles. The van der Waals surface area contributed by atoms with Gasteiger partial charge in [-0.25, -0.2) is 0 Å². The SMILES string of the molecule is CCCC(Br)C=CC(Br)CC.